The highest BCUT2D eigenvalue weighted by atomic mass is 32.1. The lowest BCUT2D eigenvalue weighted by molar-refractivity contribution is 0.102. The topological polar surface area (TPSA) is 93.8 Å². The SMILES string of the molecule is Cc1cc(NC(=O)c2csc(-c3cnccn3)n2)no1. The lowest BCUT2D eigenvalue weighted by atomic mass is 10.4. The molecule has 3 heterocycles. The predicted octanol–water partition coefficient (Wildman–Crippen LogP) is 2.15. The highest BCUT2D eigenvalue weighted by Gasteiger charge is 2.14. The van der Waals surface area contributed by atoms with Gasteiger partial charge >= 0.3 is 0 Å². The van der Waals surface area contributed by atoms with Crippen LogP contribution in [0.4, 0.5) is 5.82 Å². The summed E-state index contributed by atoms with van der Waals surface area (Å²) in [5, 5.41) is 8.60. The van der Waals surface area contributed by atoms with Crippen molar-refractivity contribution in [1.29, 1.82) is 0 Å². The van der Waals surface area contributed by atoms with Gasteiger partial charge in [-0.15, -0.1) is 11.3 Å². The van der Waals surface area contributed by atoms with E-state index < -0.39 is 0 Å². The van der Waals surface area contributed by atoms with E-state index in [0.717, 1.165) is 0 Å². The average Bonchev–Trinajstić information content (AvgIpc) is 3.09. The monoisotopic (exact) mass is 287 g/mol. The normalized spacial score (nSPS) is 10.4. The molecule has 0 aliphatic carbocycles. The predicted molar refractivity (Wildman–Crippen MR) is 72.3 cm³/mol. The first-order chi connectivity index (χ1) is 9.72. The van der Waals surface area contributed by atoms with E-state index in [2.05, 4.69) is 25.4 Å². The van der Waals surface area contributed by atoms with Crippen molar-refractivity contribution < 1.29 is 9.32 Å². The van der Waals surface area contributed by atoms with E-state index in [9.17, 15) is 4.79 Å². The van der Waals surface area contributed by atoms with Gasteiger partial charge in [0.2, 0.25) is 0 Å². The Morgan fingerprint density at radius 1 is 1.40 bits per heavy atom. The summed E-state index contributed by atoms with van der Waals surface area (Å²) >= 11 is 1.33. The lowest BCUT2D eigenvalue weighted by Crippen LogP contribution is -2.12. The van der Waals surface area contributed by atoms with Crippen LogP contribution in [0.25, 0.3) is 10.7 Å². The van der Waals surface area contributed by atoms with E-state index in [0.29, 0.717) is 28.0 Å². The summed E-state index contributed by atoms with van der Waals surface area (Å²) in [6, 6.07) is 1.63. The lowest BCUT2D eigenvalue weighted by Gasteiger charge is -1.96. The van der Waals surface area contributed by atoms with E-state index in [-0.39, 0.29) is 5.91 Å². The number of thiazole rings is 1. The summed E-state index contributed by atoms with van der Waals surface area (Å²) < 4.78 is 4.87. The number of nitrogens with zero attached hydrogens (tertiary/aromatic N) is 4. The number of carbonyl (C=O) groups excluding carboxylic acids is 1. The molecule has 100 valence electrons. The van der Waals surface area contributed by atoms with Crippen molar-refractivity contribution >= 4 is 23.1 Å². The summed E-state index contributed by atoms with van der Waals surface area (Å²) in [6.07, 6.45) is 4.76. The van der Waals surface area contributed by atoms with Gasteiger partial charge in [0.15, 0.2) is 5.82 Å². The summed E-state index contributed by atoms with van der Waals surface area (Å²) in [7, 11) is 0. The van der Waals surface area contributed by atoms with E-state index in [4.69, 9.17) is 4.52 Å². The van der Waals surface area contributed by atoms with Gasteiger partial charge in [-0.25, -0.2) is 4.98 Å². The minimum absolute atomic E-state index is 0.302. The zero-order valence-corrected chi connectivity index (χ0v) is 11.2. The van der Waals surface area contributed by atoms with Gasteiger partial charge in [-0.3, -0.25) is 14.8 Å². The maximum absolute atomic E-state index is 12.0. The van der Waals surface area contributed by atoms with Gasteiger partial charge in [-0.1, -0.05) is 5.16 Å². The maximum atomic E-state index is 12.0. The van der Waals surface area contributed by atoms with Crippen molar-refractivity contribution in [2.75, 3.05) is 5.32 Å². The molecular formula is C12H9N5O2S. The van der Waals surface area contributed by atoms with Crippen LogP contribution in [0.2, 0.25) is 0 Å². The average molecular weight is 287 g/mol. The third-order valence-corrected chi connectivity index (χ3v) is 3.25. The number of rotatable bonds is 3. The largest absolute Gasteiger partial charge is 0.360 e. The summed E-state index contributed by atoms with van der Waals surface area (Å²) in [4.78, 5) is 24.3. The Labute approximate surface area is 117 Å². The van der Waals surface area contributed by atoms with Gasteiger partial charge in [0.1, 0.15) is 22.2 Å². The Kier molecular flexibility index (Phi) is 3.21. The summed E-state index contributed by atoms with van der Waals surface area (Å²) in [5.74, 6) is 0.644. The second-order valence-electron chi connectivity index (χ2n) is 3.91. The molecule has 1 N–H and O–H groups in total. The molecule has 0 aliphatic rings. The van der Waals surface area contributed by atoms with Gasteiger partial charge in [0.25, 0.3) is 5.91 Å². The van der Waals surface area contributed by atoms with Crippen LogP contribution in [0.15, 0.2) is 34.6 Å². The number of hydrogen-bond donors (Lipinski definition) is 1. The highest BCUT2D eigenvalue weighted by molar-refractivity contribution is 7.13. The van der Waals surface area contributed by atoms with Gasteiger partial charge in [-0.2, -0.15) is 0 Å². The van der Waals surface area contributed by atoms with E-state index in [1.807, 2.05) is 0 Å². The van der Waals surface area contributed by atoms with Crippen LogP contribution in [0, 0.1) is 6.92 Å². The molecule has 0 atom stereocenters. The van der Waals surface area contributed by atoms with Gasteiger partial charge in [-0.05, 0) is 6.92 Å². The van der Waals surface area contributed by atoms with E-state index in [1.54, 1.807) is 37.0 Å². The number of aryl methyl sites for hydroxylation is 1. The minimum atomic E-state index is -0.343. The second kappa shape index (κ2) is 5.17. The number of hydrogen-bond acceptors (Lipinski definition) is 7. The van der Waals surface area contributed by atoms with Crippen LogP contribution >= 0.6 is 11.3 Å². The zero-order chi connectivity index (χ0) is 13.9. The molecule has 0 spiro atoms. The molecule has 0 unspecified atom stereocenters. The van der Waals surface area contributed by atoms with Crippen molar-refractivity contribution in [3.8, 4) is 10.7 Å². The standard InChI is InChI=1S/C12H9N5O2S/c1-7-4-10(17-19-7)16-11(18)9-6-20-12(15-9)8-5-13-2-3-14-8/h2-6H,1H3,(H,16,17,18). The van der Waals surface area contributed by atoms with E-state index in [1.165, 1.54) is 11.3 Å². The quantitative estimate of drug-likeness (QED) is 0.793. The second-order valence-corrected chi connectivity index (χ2v) is 4.76. The molecule has 0 fully saturated rings. The molecule has 7 nitrogen and oxygen atoms in total. The molecule has 0 saturated carbocycles. The Hall–Kier alpha value is -2.61. The number of carbonyl (C=O) groups is 1. The molecule has 0 bridgehead atoms. The Morgan fingerprint density at radius 3 is 3.00 bits per heavy atom. The van der Waals surface area contributed by atoms with E-state index >= 15 is 0 Å². The fourth-order valence-corrected chi connectivity index (χ4v) is 2.27. The fourth-order valence-electron chi connectivity index (χ4n) is 1.51. The van der Waals surface area contributed by atoms with Gasteiger partial charge in [0.05, 0.1) is 6.20 Å². The van der Waals surface area contributed by atoms with Gasteiger partial charge < -0.3 is 9.84 Å². The number of aromatic nitrogens is 4. The summed E-state index contributed by atoms with van der Waals surface area (Å²) in [5.41, 5.74) is 0.935. The molecule has 0 saturated heterocycles. The van der Waals surface area contributed by atoms with Crippen molar-refractivity contribution in [2.45, 2.75) is 6.92 Å². The van der Waals surface area contributed by atoms with Crippen LogP contribution in [0.5, 0.6) is 0 Å². The van der Waals surface area contributed by atoms with Crippen LogP contribution in [-0.2, 0) is 0 Å². The molecule has 1 amide bonds. The third kappa shape index (κ3) is 2.54. The smallest absolute Gasteiger partial charge is 0.276 e. The number of amides is 1. The Bertz CT molecular complexity index is 737. The zero-order valence-electron chi connectivity index (χ0n) is 10.4. The Balaban J connectivity index is 1.78. The van der Waals surface area contributed by atoms with Gasteiger partial charge in [0, 0.05) is 23.8 Å². The van der Waals surface area contributed by atoms with Crippen LogP contribution in [0.1, 0.15) is 16.2 Å². The Morgan fingerprint density at radius 2 is 2.30 bits per heavy atom. The first-order valence-electron chi connectivity index (χ1n) is 5.69. The van der Waals surface area contributed by atoms with Crippen molar-refractivity contribution in [2.24, 2.45) is 0 Å². The first kappa shape index (κ1) is 12.4. The minimum Gasteiger partial charge on any atom is -0.360 e. The molecule has 8 heteroatoms. The van der Waals surface area contributed by atoms with Crippen molar-refractivity contribution in [3.05, 3.63) is 41.5 Å². The molecule has 3 aromatic rings. The van der Waals surface area contributed by atoms with Crippen LogP contribution in [0.3, 0.4) is 0 Å². The van der Waals surface area contributed by atoms with Crippen molar-refractivity contribution in [3.63, 3.8) is 0 Å². The number of anilines is 1. The molecule has 0 radical (unpaired) electrons. The summed E-state index contributed by atoms with van der Waals surface area (Å²) in [6.45, 7) is 1.75. The van der Waals surface area contributed by atoms with Crippen LogP contribution in [-0.4, -0.2) is 26.0 Å². The molecule has 3 rings (SSSR count). The first-order valence-corrected chi connectivity index (χ1v) is 6.57. The number of nitrogens with one attached hydrogen (secondary N) is 1. The van der Waals surface area contributed by atoms with Crippen LogP contribution < -0.4 is 5.32 Å². The molecule has 0 aliphatic heterocycles. The maximum Gasteiger partial charge on any atom is 0.276 e. The van der Waals surface area contributed by atoms with Crippen molar-refractivity contribution in [1.82, 2.24) is 20.1 Å². The highest BCUT2D eigenvalue weighted by Crippen LogP contribution is 2.21. The molecule has 0 aromatic carbocycles. The fraction of sp³-hybridized carbons (Fsp3) is 0.0833. The molecule has 3 aromatic heterocycles. The molecular weight excluding hydrogens is 278 g/mol. The molecule has 20 heavy (non-hydrogen) atoms. The third-order valence-electron chi connectivity index (χ3n) is 2.39.